The number of fused-ring (bicyclic) bond motifs is 1. The van der Waals surface area contributed by atoms with E-state index in [9.17, 15) is 4.79 Å². The van der Waals surface area contributed by atoms with Crippen LogP contribution in [0.4, 0.5) is 5.69 Å². The predicted octanol–water partition coefficient (Wildman–Crippen LogP) is 2.93. The van der Waals surface area contributed by atoms with Gasteiger partial charge in [-0.1, -0.05) is 12.1 Å². The van der Waals surface area contributed by atoms with E-state index in [4.69, 9.17) is 4.74 Å². The van der Waals surface area contributed by atoms with Crippen LogP contribution in [0, 0.1) is 0 Å². The second kappa shape index (κ2) is 5.01. The van der Waals surface area contributed by atoms with E-state index in [1.807, 2.05) is 26.8 Å². The van der Waals surface area contributed by atoms with Crippen LogP contribution < -0.4 is 5.32 Å². The van der Waals surface area contributed by atoms with Crippen molar-refractivity contribution in [2.24, 2.45) is 0 Å². The Morgan fingerprint density at radius 3 is 2.89 bits per heavy atom. The highest BCUT2D eigenvalue weighted by atomic mass is 16.6. The fraction of sp³-hybridized carbons (Fsp3) is 0.533. The van der Waals surface area contributed by atoms with E-state index in [0.717, 1.165) is 18.5 Å². The summed E-state index contributed by atoms with van der Waals surface area (Å²) in [6, 6.07) is 6.20. The summed E-state index contributed by atoms with van der Waals surface area (Å²) in [6.45, 7) is 6.68. The smallest absolute Gasteiger partial charge is 0.310 e. The quantitative estimate of drug-likeness (QED) is 0.817. The number of anilines is 1. The van der Waals surface area contributed by atoms with Crippen LogP contribution in [0.1, 0.15) is 38.3 Å². The minimum absolute atomic E-state index is 0.168. The van der Waals surface area contributed by atoms with Gasteiger partial charge in [0, 0.05) is 12.2 Å². The number of benzene rings is 1. The molecule has 1 aliphatic rings. The molecule has 0 aliphatic carbocycles. The Kier molecular flexibility index (Phi) is 3.60. The van der Waals surface area contributed by atoms with Crippen LogP contribution in [0.15, 0.2) is 18.2 Å². The monoisotopic (exact) mass is 247 g/mol. The van der Waals surface area contributed by atoms with Crippen LogP contribution >= 0.6 is 0 Å². The molecule has 0 saturated heterocycles. The first-order valence-electron chi connectivity index (χ1n) is 6.51. The number of hydrogen-bond donors (Lipinski definition) is 1. The molecule has 1 N–H and O–H groups in total. The summed E-state index contributed by atoms with van der Waals surface area (Å²) in [5, 5.41) is 3.37. The molecule has 3 nitrogen and oxygen atoms in total. The van der Waals surface area contributed by atoms with Crippen molar-refractivity contribution >= 4 is 11.7 Å². The second-order valence-electron chi connectivity index (χ2n) is 5.79. The molecule has 1 heterocycles. The van der Waals surface area contributed by atoms with E-state index < -0.39 is 5.60 Å². The van der Waals surface area contributed by atoms with Gasteiger partial charge in [0.25, 0.3) is 0 Å². The van der Waals surface area contributed by atoms with Gasteiger partial charge in [0.15, 0.2) is 0 Å². The maximum absolute atomic E-state index is 11.8. The van der Waals surface area contributed by atoms with Gasteiger partial charge in [-0.25, -0.2) is 0 Å². The van der Waals surface area contributed by atoms with Gasteiger partial charge < -0.3 is 10.1 Å². The summed E-state index contributed by atoms with van der Waals surface area (Å²) >= 11 is 0. The normalized spacial score (nSPS) is 14.6. The molecule has 1 aliphatic heterocycles. The van der Waals surface area contributed by atoms with Crippen LogP contribution in [0.3, 0.4) is 0 Å². The van der Waals surface area contributed by atoms with E-state index in [2.05, 4.69) is 17.4 Å². The Labute approximate surface area is 109 Å². The minimum atomic E-state index is -0.413. The fourth-order valence-electron chi connectivity index (χ4n) is 2.16. The van der Waals surface area contributed by atoms with E-state index in [1.54, 1.807) is 0 Å². The third-order valence-corrected chi connectivity index (χ3v) is 2.88. The maximum atomic E-state index is 11.8. The highest BCUT2D eigenvalue weighted by molar-refractivity contribution is 5.74. The number of carbonyl (C=O) groups is 1. The van der Waals surface area contributed by atoms with Crippen LogP contribution in [-0.2, 0) is 22.4 Å². The number of ether oxygens (including phenoxy) is 1. The average Bonchev–Trinajstić information content (AvgIpc) is 2.26. The van der Waals surface area contributed by atoms with Crippen LogP contribution in [0.2, 0.25) is 0 Å². The molecule has 0 atom stereocenters. The summed E-state index contributed by atoms with van der Waals surface area (Å²) in [7, 11) is 0. The predicted molar refractivity (Wildman–Crippen MR) is 72.8 cm³/mol. The lowest BCUT2D eigenvalue weighted by molar-refractivity contribution is -0.153. The van der Waals surface area contributed by atoms with Gasteiger partial charge in [0.2, 0.25) is 0 Å². The average molecular weight is 247 g/mol. The minimum Gasteiger partial charge on any atom is -0.460 e. The van der Waals surface area contributed by atoms with Crippen molar-refractivity contribution in [3.05, 3.63) is 29.3 Å². The van der Waals surface area contributed by atoms with Crippen molar-refractivity contribution in [1.82, 2.24) is 0 Å². The third kappa shape index (κ3) is 3.49. The van der Waals surface area contributed by atoms with E-state index in [1.165, 1.54) is 17.7 Å². The second-order valence-corrected chi connectivity index (χ2v) is 5.79. The fourth-order valence-corrected chi connectivity index (χ4v) is 2.16. The highest BCUT2D eigenvalue weighted by Crippen LogP contribution is 2.23. The molecule has 0 radical (unpaired) electrons. The molecule has 0 spiro atoms. The number of esters is 1. The molecule has 18 heavy (non-hydrogen) atoms. The topological polar surface area (TPSA) is 38.3 Å². The molecule has 98 valence electrons. The number of nitrogens with one attached hydrogen (secondary N) is 1. The van der Waals surface area contributed by atoms with Crippen molar-refractivity contribution in [2.75, 3.05) is 11.9 Å². The molecule has 0 amide bonds. The van der Waals surface area contributed by atoms with E-state index in [0.29, 0.717) is 6.42 Å². The van der Waals surface area contributed by atoms with Gasteiger partial charge in [0.1, 0.15) is 5.60 Å². The molecule has 0 aromatic heterocycles. The molecule has 3 heteroatoms. The van der Waals surface area contributed by atoms with Gasteiger partial charge in [-0.3, -0.25) is 4.79 Å². The van der Waals surface area contributed by atoms with E-state index in [-0.39, 0.29) is 5.97 Å². The lowest BCUT2D eigenvalue weighted by Crippen LogP contribution is -2.25. The van der Waals surface area contributed by atoms with Crippen molar-refractivity contribution in [3.63, 3.8) is 0 Å². The highest BCUT2D eigenvalue weighted by Gasteiger charge is 2.17. The first-order valence-corrected chi connectivity index (χ1v) is 6.51. The van der Waals surface area contributed by atoms with Gasteiger partial charge in [0.05, 0.1) is 6.42 Å². The van der Waals surface area contributed by atoms with Crippen LogP contribution in [0.25, 0.3) is 0 Å². The zero-order valence-corrected chi connectivity index (χ0v) is 11.4. The third-order valence-electron chi connectivity index (χ3n) is 2.88. The molecule has 1 aromatic carbocycles. The zero-order chi connectivity index (χ0) is 13.2. The Hall–Kier alpha value is -1.51. The van der Waals surface area contributed by atoms with Gasteiger partial charge >= 0.3 is 5.97 Å². The van der Waals surface area contributed by atoms with Crippen molar-refractivity contribution < 1.29 is 9.53 Å². The number of aryl methyl sites for hydroxylation is 1. The SMILES string of the molecule is CC(C)(C)OC(=O)Cc1ccc2c(c1)NCCC2. The van der Waals surface area contributed by atoms with Crippen LogP contribution in [0.5, 0.6) is 0 Å². The number of hydrogen-bond acceptors (Lipinski definition) is 3. The summed E-state index contributed by atoms with van der Waals surface area (Å²) in [4.78, 5) is 11.8. The maximum Gasteiger partial charge on any atom is 0.310 e. The summed E-state index contributed by atoms with van der Waals surface area (Å²) < 4.78 is 5.33. The molecular formula is C15H21NO2. The Bertz CT molecular complexity index is 446. The lowest BCUT2D eigenvalue weighted by Gasteiger charge is -2.21. The molecule has 1 aromatic rings. The van der Waals surface area contributed by atoms with Gasteiger partial charge in [-0.15, -0.1) is 0 Å². The van der Waals surface area contributed by atoms with E-state index >= 15 is 0 Å². The summed E-state index contributed by atoms with van der Waals surface area (Å²) in [5.74, 6) is -0.168. The Morgan fingerprint density at radius 2 is 2.17 bits per heavy atom. The summed E-state index contributed by atoms with van der Waals surface area (Å²) in [5.41, 5.74) is 3.11. The molecule has 0 saturated carbocycles. The molecule has 0 fully saturated rings. The standard InChI is InChI=1S/C15H21NO2/c1-15(2,3)18-14(17)10-11-6-7-12-5-4-8-16-13(12)9-11/h6-7,9,16H,4-5,8,10H2,1-3H3. The Balaban J connectivity index is 2.04. The Morgan fingerprint density at radius 1 is 1.39 bits per heavy atom. The summed E-state index contributed by atoms with van der Waals surface area (Å²) in [6.07, 6.45) is 2.64. The largest absolute Gasteiger partial charge is 0.460 e. The first kappa shape index (κ1) is 12.9. The van der Waals surface area contributed by atoms with Gasteiger partial charge in [-0.2, -0.15) is 0 Å². The van der Waals surface area contributed by atoms with Crippen molar-refractivity contribution in [1.29, 1.82) is 0 Å². The zero-order valence-electron chi connectivity index (χ0n) is 11.4. The number of carbonyl (C=O) groups excluding carboxylic acids is 1. The van der Waals surface area contributed by atoms with Gasteiger partial charge in [-0.05, 0) is 50.8 Å². The first-order chi connectivity index (χ1) is 8.44. The molecule has 0 unspecified atom stereocenters. The molecule has 2 rings (SSSR count). The molecule has 0 bridgehead atoms. The molecular weight excluding hydrogens is 226 g/mol. The van der Waals surface area contributed by atoms with Crippen LogP contribution in [-0.4, -0.2) is 18.1 Å². The lowest BCUT2D eigenvalue weighted by atomic mass is 10.00. The number of rotatable bonds is 2. The van der Waals surface area contributed by atoms with Crippen molar-refractivity contribution in [3.8, 4) is 0 Å². The van der Waals surface area contributed by atoms with Crippen molar-refractivity contribution in [2.45, 2.75) is 45.6 Å².